The molecule has 0 fully saturated rings. The molecule has 2 rings (SSSR count). The summed E-state index contributed by atoms with van der Waals surface area (Å²) in [6.45, 7) is 7.49. The molecule has 1 unspecified atom stereocenters. The number of nitrogens with zero attached hydrogens (tertiary/aromatic N) is 1. The number of hydrogen-bond donors (Lipinski definition) is 1. The Morgan fingerprint density at radius 2 is 1.60 bits per heavy atom. The van der Waals surface area contributed by atoms with Crippen molar-refractivity contribution in [3.05, 3.63) is 59.1 Å². The minimum atomic E-state index is -0.673. The highest BCUT2D eigenvalue weighted by atomic mass is 35.5. The zero-order valence-corrected chi connectivity index (χ0v) is 18.8. The molecule has 0 aliphatic rings. The summed E-state index contributed by atoms with van der Waals surface area (Å²) in [6.07, 6.45) is 0. The summed E-state index contributed by atoms with van der Waals surface area (Å²) in [7, 11) is 1.60. The van der Waals surface area contributed by atoms with Crippen molar-refractivity contribution in [1.82, 2.24) is 10.2 Å². The topological polar surface area (TPSA) is 67.9 Å². The van der Waals surface area contributed by atoms with Crippen molar-refractivity contribution < 1.29 is 19.1 Å². The number of halogens is 1. The van der Waals surface area contributed by atoms with E-state index in [2.05, 4.69) is 5.32 Å². The van der Waals surface area contributed by atoms with Crippen molar-refractivity contribution in [2.75, 3.05) is 13.7 Å². The first kappa shape index (κ1) is 23.5. The molecular formula is C23H29ClN2O4. The second kappa shape index (κ2) is 10.3. The van der Waals surface area contributed by atoms with Crippen LogP contribution in [0.3, 0.4) is 0 Å². The second-order valence-corrected chi connectivity index (χ2v) is 8.46. The summed E-state index contributed by atoms with van der Waals surface area (Å²) in [5.74, 6) is 0.735. The van der Waals surface area contributed by atoms with Crippen LogP contribution in [0.1, 0.15) is 33.3 Å². The fourth-order valence-corrected chi connectivity index (χ4v) is 2.87. The lowest BCUT2D eigenvalue weighted by Gasteiger charge is -2.31. The first-order chi connectivity index (χ1) is 14.1. The minimum absolute atomic E-state index is 0.190. The van der Waals surface area contributed by atoms with Crippen LogP contribution in [0.4, 0.5) is 0 Å². The number of methoxy groups -OCH3 is 1. The number of carbonyl (C=O) groups excluding carboxylic acids is 2. The van der Waals surface area contributed by atoms with E-state index in [4.69, 9.17) is 21.1 Å². The molecule has 0 radical (unpaired) electrons. The first-order valence-corrected chi connectivity index (χ1v) is 10.1. The molecule has 1 N–H and O–H groups in total. The number of rotatable bonds is 8. The smallest absolute Gasteiger partial charge is 0.261 e. The van der Waals surface area contributed by atoms with Gasteiger partial charge in [-0.1, -0.05) is 23.7 Å². The Morgan fingerprint density at radius 1 is 1.03 bits per heavy atom. The Morgan fingerprint density at radius 3 is 2.13 bits per heavy atom. The fraction of sp³-hybridized carbons (Fsp3) is 0.391. The highest BCUT2D eigenvalue weighted by Crippen LogP contribution is 2.18. The van der Waals surface area contributed by atoms with E-state index in [1.165, 1.54) is 4.90 Å². The van der Waals surface area contributed by atoms with Crippen LogP contribution in [0.15, 0.2) is 48.5 Å². The van der Waals surface area contributed by atoms with Gasteiger partial charge in [0, 0.05) is 17.1 Å². The minimum Gasteiger partial charge on any atom is -0.497 e. The maximum Gasteiger partial charge on any atom is 0.261 e. The van der Waals surface area contributed by atoms with Crippen LogP contribution in [0.2, 0.25) is 5.02 Å². The molecule has 7 heteroatoms. The van der Waals surface area contributed by atoms with E-state index in [1.54, 1.807) is 38.3 Å². The Hall–Kier alpha value is -2.73. The molecule has 0 spiro atoms. The van der Waals surface area contributed by atoms with Crippen molar-refractivity contribution in [1.29, 1.82) is 0 Å². The van der Waals surface area contributed by atoms with Gasteiger partial charge in [-0.2, -0.15) is 0 Å². The van der Waals surface area contributed by atoms with Crippen LogP contribution in [-0.4, -0.2) is 42.0 Å². The maximum absolute atomic E-state index is 13.0. The quantitative estimate of drug-likeness (QED) is 0.683. The van der Waals surface area contributed by atoms with Gasteiger partial charge in [-0.25, -0.2) is 0 Å². The molecule has 0 saturated carbocycles. The predicted molar refractivity (Wildman–Crippen MR) is 118 cm³/mol. The van der Waals surface area contributed by atoms with Crippen molar-refractivity contribution in [3.63, 3.8) is 0 Å². The van der Waals surface area contributed by atoms with E-state index in [1.807, 2.05) is 45.0 Å². The molecule has 2 aromatic rings. The monoisotopic (exact) mass is 432 g/mol. The van der Waals surface area contributed by atoms with Crippen LogP contribution in [0, 0.1) is 0 Å². The molecule has 0 aliphatic heterocycles. The summed E-state index contributed by atoms with van der Waals surface area (Å²) in [5.41, 5.74) is 0.478. The van der Waals surface area contributed by atoms with Crippen LogP contribution in [0.5, 0.6) is 11.5 Å². The number of hydrogen-bond acceptors (Lipinski definition) is 4. The predicted octanol–water partition coefficient (Wildman–Crippen LogP) is 4.06. The van der Waals surface area contributed by atoms with Crippen molar-refractivity contribution in [3.8, 4) is 11.5 Å². The van der Waals surface area contributed by atoms with Crippen molar-refractivity contribution in [2.24, 2.45) is 0 Å². The van der Waals surface area contributed by atoms with Gasteiger partial charge in [0.15, 0.2) is 6.61 Å². The standard InChI is InChI=1S/C23H29ClN2O4/c1-16(22(28)25-23(2,3)4)26(14-17-6-10-19(29-5)11-7-17)21(27)15-30-20-12-8-18(24)9-13-20/h6-13,16H,14-15H2,1-5H3,(H,25,28). The molecule has 0 aliphatic carbocycles. The Bertz CT molecular complexity index is 845. The van der Waals surface area contributed by atoms with Gasteiger partial charge in [-0.15, -0.1) is 0 Å². The Balaban J connectivity index is 2.16. The van der Waals surface area contributed by atoms with Gasteiger partial charge < -0.3 is 19.7 Å². The zero-order valence-electron chi connectivity index (χ0n) is 18.1. The Kier molecular flexibility index (Phi) is 8.12. The summed E-state index contributed by atoms with van der Waals surface area (Å²) >= 11 is 5.88. The van der Waals surface area contributed by atoms with E-state index in [9.17, 15) is 9.59 Å². The van der Waals surface area contributed by atoms with Gasteiger partial charge in [0.25, 0.3) is 5.91 Å². The third kappa shape index (κ3) is 7.26. The fourth-order valence-electron chi connectivity index (χ4n) is 2.74. The number of benzene rings is 2. The van der Waals surface area contributed by atoms with Gasteiger partial charge in [-0.3, -0.25) is 9.59 Å². The van der Waals surface area contributed by atoms with Gasteiger partial charge in [-0.05, 0) is 69.7 Å². The maximum atomic E-state index is 13.0. The van der Waals surface area contributed by atoms with Gasteiger partial charge >= 0.3 is 0 Å². The lowest BCUT2D eigenvalue weighted by Crippen LogP contribution is -2.53. The second-order valence-electron chi connectivity index (χ2n) is 8.03. The zero-order chi connectivity index (χ0) is 22.3. The summed E-state index contributed by atoms with van der Waals surface area (Å²) in [4.78, 5) is 27.2. The van der Waals surface area contributed by atoms with Crippen LogP contribution < -0.4 is 14.8 Å². The summed E-state index contributed by atoms with van der Waals surface area (Å²) < 4.78 is 10.8. The van der Waals surface area contributed by atoms with Crippen molar-refractivity contribution >= 4 is 23.4 Å². The molecule has 2 aromatic carbocycles. The molecule has 0 aromatic heterocycles. The summed E-state index contributed by atoms with van der Waals surface area (Å²) in [6, 6.07) is 13.5. The van der Waals surface area contributed by atoms with Crippen LogP contribution in [-0.2, 0) is 16.1 Å². The van der Waals surface area contributed by atoms with Crippen molar-refractivity contribution in [2.45, 2.75) is 45.8 Å². The van der Waals surface area contributed by atoms with E-state index >= 15 is 0 Å². The van der Waals surface area contributed by atoms with Crippen LogP contribution in [0.25, 0.3) is 0 Å². The number of amides is 2. The molecule has 2 amide bonds. The van der Waals surface area contributed by atoms with Gasteiger partial charge in [0.1, 0.15) is 17.5 Å². The third-order valence-electron chi connectivity index (χ3n) is 4.35. The Labute approximate surface area is 183 Å². The largest absolute Gasteiger partial charge is 0.497 e. The number of carbonyl (C=O) groups is 2. The third-order valence-corrected chi connectivity index (χ3v) is 4.61. The molecule has 6 nitrogen and oxygen atoms in total. The molecule has 0 saturated heterocycles. The summed E-state index contributed by atoms with van der Waals surface area (Å²) in [5, 5.41) is 3.52. The lowest BCUT2D eigenvalue weighted by atomic mass is 10.1. The van der Waals surface area contributed by atoms with E-state index in [-0.39, 0.29) is 25.0 Å². The van der Waals surface area contributed by atoms with Gasteiger partial charge in [0.05, 0.1) is 7.11 Å². The van der Waals surface area contributed by atoms with Gasteiger partial charge in [0.2, 0.25) is 5.91 Å². The average Bonchev–Trinajstić information content (AvgIpc) is 2.70. The number of nitrogens with one attached hydrogen (secondary N) is 1. The molecule has 0 heterocycles. The molecule has 0 bridgehead atoms. The van der Waals surface area contributed by atoms with E-state index in [0.717, 1.165) is 11.3 Å². The normalized spacial score (nSPS) is 12.1. The first-order valence-electron chi connectivity index (χ1n) is 9.72. The SMILES string of the molecule is COc1ccc(CN(C(=O)COc2ccc(Cl)cc2)C(C)C(=O)NC(C)(C)C)cc1. The van der Waals surface area contributed by atoms with Crippen LogP contribution >= 0.6 is 11.6 Å². The molecule has 30 heavy (non-hydrogen) atoms. The average molecular weight is 433 g/mol. The van der Waals surface area contributed by atoms with E-state index < -0.39 is 11.6 Å². The molecule has 1 atom stereocenters. The molecule has 162 valence electrons. The highest BCUT2D eigenvalue weighted by molar-refractivity contribution is 6.30. The number of ether oxygens (including phenoxy) is 2. The highest BCUT2D eigenvalue weighted by Gasteiger charge is 2.28. The molecular weight excluding hydrogens is 404 g/mol. The van der Waals surface area contributed by atoms with E-state index in [0.29, 0.717) is 10.8 Å². The lowest BCUT2D eigenvalue weighted by molar-refractivity contribution is -0.142.